The molecule has 1 aliphatic heterocycles. The second-order valence-corrected chi connectivity index (χ2v) is 9.83. The van der Waals surface area contributed by atoms with Crippen molar-refractivity contribution in [1.82, 2.24) is 5.32 Å². The summed E-state index contributed by atoms with van der Waals surface area (Å²) in [7, 11) is 0. The third-order valence-electron chi connectivity index (χ3n) is 5.38. The van der Waals surface area contributed by atoms with Crippen molar-refractivity contribution >= 4 is 80.3 Å². The summed E-state index contributed by atoms with van der Waals surface area (Å²) in [6.07, 6.45) is 1.28. The van der Waals surface area contributed by atoms with Crippen molar-refractivity contribution in [1.29, 1.82) is 0 Å². The Labute approximate surface area is 246 Å². The molecule has 2 N–H and O–H groups in total. The third-order valence-corrected chi connectivity index (χ3v) is 6.71. The Morgan fingerprint density at radius 3 is 2.45 bits per heavy atom. The highest BCUT2D eigenvalue weighted by molar-refractivity contribution is 9.10. The molecular weight excluding hydrogens is 632 g/mol. The van der Waals surface area contributed by atoms with Crippen LogP contribution in [0.3, 0.4) is 0 Å². The number of carbonyl (C=O) groups excluding carboxylic acids is 4. The van der Waals surface area contributed by atoms with Crippen molar-refractivity contribution in [3.8, 4) is 11.5 Å². The van der Waals surface area contributed by atoms with Gasteiger partial charge in [-0.3, -0.25) is 19.7 Å². The quantitative estimate of drug-likeness (QED) is 0.229. The molecule has 9 nitrogen and oxygen atoms in total. The minimum absolute atomic E-state index is 0.120. The molecule has 5 amide bonds. The number of hydrogen-bond donors (Lipinski definition) is 2. The average molecular weight is 651 g/mol. The number of amides is 5. The number of hydrogen-bond acceptors (Lipinski definition) is 6. The highest BCUT2D eigenvalue weighted by Gasteiger charge is 2.37. The molecule has 1 saturated heterocycles. The maximum absolute atomic E-state index is 13.2. The lowest BCUT2D eigenvalue weighted by molar-refractivity contribution is -0.122. The van der Waals surface area contributed by atoms with Crippen molar-refractivity contribution in [2.45, 2.75) is 6.92 Å². The second-order valence-electron chi connectivity index (χ2n) is 8.16. The first-order valence-corrected chi connectivity index (χ1v) is 13.1. The minimum Gasteiger partial charge on any atom is -0.490 e. The van der Waals surface area contributed by atoms with Crippen LogP contribution in [0.2, 0.25) is 10.0 Å². The fraction of sp³-hybridized carbons (Fsp3) is 0.111. The van der Waals surface area contributed by atoms with Gasteiger partial charge in [0.05, 0.1) is 26.8 Å². The number of ether oxygens (including phenoxy) is 2. The van der Waals surface area contributed by atoms with Crippen molar-refractivity contribution in [2.75, 3.05) is 23.4 Å². The van der Waals surface area contributed by atoms with Gasteiger partial charge in [-0.1, -0.05) is 23.2 Å². The van der Waals surface area contributed by atoms with E-state index in [2.05, 4.69) is 26.6 Å². The van der Waals surface area contributed by atoms with Gasteiger partial charge in [-0.25, -0.2) is 14.1 Å². The lowest BCUT2D eigenvalue weighted by Crippen LogP contribution is -2.54. The van der Waals surface area contributed by atoms with E-state index >= 15 is 0 Å². The molecular formula is C27H19BrCl2FN3O6. The number of anilines is 2. The van der Waals surface area contributed by atoms with Gasteiger partial charge in [0.1, 0.15) is 11.4 Å². The van der Waals surface area contributed by atoms with E-state index in [0.29, 0.717) is 15.7 Å². The van der Waals surface area contributed by atoms with Gasteiger partial charge in [0, 0.05) is 5.69 Å². The number of urea groups is 1. The van der Waals surface area contributed by atoms with Gasteiger partial charge < -0.3 is 14.8 Å². The summed E-state index contributed by atoms with van der Waals surface area (Å²) >= 11 is 15.4. The number of halogens is 4. The number of barbiturate groups is 1. The van der Waals surface area contributed by atoms with Gasteiger partial charge in [0.25, 0.3) is 17.7 Å². The van der Waals surface area contributed by atoms with E-state index in [1.54, 1.807) is 13.0 Å². The van der Waals surface area contributed by atoms with E-state index in [1.165, 1.54) is 54.6 Å². The largest absolute Gasteiger partial charge is 0.490 e. The van der Waals surface area contributed by atoms with Gasteiger partial charge in [-0.2, -0.15) is 0 Å². The Morgan fingerprint density at radius 2 is 1.77 bits per heavy atom. The number of carbonyl (C=O) groups is 4. The van der Waals surface area contributed by atoms with E-state index in [-0.39, 0.29) is 39.4 Å². The summed E-state index contributed by atoms with van der Waals surface area (Å²) in [6.45, 7) is 1.59. The maximum atomic E-state index is 13.2. The zero-order chi connectivity index (χ0) is 29.0. The van der Waals surface area contributed by atoms with Gasteiger partial charge >= 0.3 is 6.03 Å². The first-order valence-electron chi connectivity index (χ1n) is 11.6. The SMILES string of the molecule is CCOc1cc(/C=C2/C(=O)NC(=O)N(c3ccc(Cl)c(Cl)c3)C2=O)cc(Br)c1OCC(=O)Nc1ccc(F)cc1. The Hall–Kier alpha value is -3.93. The summed E-state index contributed by atoms with van der Waals surface area (Å²) in [5, 5.41) is 5.07. The number of rotatable bonds is 8. The van der Waals surface area contributed by atoms with Crippen molar-refractivity contribution in [2.24, 2.45) is 0 Å². The molecule has 1 fully saturated rings. The van der Waals surface area contributed by atoms with E-state index in [4.69, 9.17) is 32.7 Å². The zero-order valence-electron chi connectivity index (χ0n) is 20.6. The maximum Gasteiger partial charge on any atom is 0.335 e. The Balaban J connectivity index is 1.58. The fourth-order valence-electron chi connectivity index (χ4n) is 3.63. The first-order chi connectivity index (χ1) is 19.1. The van der Waals surface area contributed by atoms with Crippen LogP contribution in [0.4, 0.5) is 20.6 Å². The molecule has 0 saturated carbocycles. The van der Waals surface area contributed by atoms with Crippen molar-refractivity contribution < 1.29 is 33.0 Å². The summed E-state index contributed by atoms with van der Waals surface area (Å²) in [4.78, 5) is 51.4. The van der Waals surface area contributed by atoms with Gasteiger partial charge in [0.15, 0.2) is 18.1 Å². The van der Waals surface area contributed by atoms with E-state index in [9.17, 15) is 23.6 Å². The highest BCUT2D eigenvalue weighted by Crippen LogP contribution is 2.38. The minimum atomic E-state index is -0.940. The van der Waals surface area contributed by atoms with Crippen LogP contribution in [0.1, 0.15) is 12.5 Å². The lowest BCUT2D eigenvalue weighted by atomic mass is 10.1. The van der Waals surface area contributed by atoms with Crippen LogP contribution >= 0.6 is 39.1 Å². The first kappa shape index (κ1) is 29.1. The normalized spacial score (nSPS) is 14.3. The molecule has 1 heterocycles. The molecule has 0 aromatic heterocycles. The predicted octanol–water partition coefficient (Wildman–Crippen LogP) is 5.98. The van der Waals surface area contributed by atoms with Gasteiger partial charge in [-0.05, 0) is 89.1 Å². The molecule has 206 valence electrons. The summed E-state index contributed by atoms with van der Waals surface area (Å²) in [5.41, 5.74) is 0.548. The molecule has 0 radical (unpaired) electrons. The zero-order valence-corrected chi connectivity index (χ0v) is 23.7. The van der Waals surface area contributed by atoms with E-state index in [1.807, 2.05) is 0 Å². The lowest BCUT2D eigenvalue weighted by Gasteiger charge is -2.26. The summed E-state index contributed by atoms with van der Waals surface area (Å²) in [5.74, 6) is -2.28. The molecule has 0 aliphatic carbocycles. The molecule has 0 bridgehead atoms. The molecule has 13 heteroatoms. The van der Waals surface area contributed by atoms with Crippen molar-refractivity contribution in [3.63, 3.8) is 0 Å². The second kappa shape index (κ2) is 12.5. The predicted molar refractivity (Wildman–Crippen MR) is 151 cm³/mol. The van der Waals surface area contributed by atoms with Gasteiger partial charge in [0.2, 0.25) is 0 Å². The van der Waals surface area contributed by atoms with Crippen LogP contribution in [-0.4, -0.2) is 37.0 Å². The van der Waals surface area contributed by atoms with E-state index < -0.39 is 36.2 Å². The number of benzene rings is 3. The van der Waals surface area contributed by atoms with Crippen LogP contribution in [0.25, 0.3) is 6.08 Å². The average Bonchev–Trinajstić information content (AvgIpc) is 2.89. The van der Waals surface area contributed by atoms with Crippen molar-refractivity contribution in [3.05, 3.63) is 86.1 Å². The summed E-state index contributed by atoms with van der Waals surface area (Å²) in [6, 6.07) is 11.5. The molecule has 0 unspecified atom stereocenters. The molecule has 40 heavy (non-hydrogen) atoms. The molecule has 4 rings (SSSR count). The number of nitrogens with zero attached hydrogens (tertiary/aromatic N) is 1. The Bertz CT molecular complexity index is 1550. The smallest absolute Gasteiger partial charge is 0.335 e. The number of nitrogens with one attached hydrogen (secondary N) is 2. The van der Waals surface area contributed by atoms with Gasteiger partial charge in [-0.15, -0.1) is 0 Å². The molecule has 3 aromatic rings. The molecule has 0 spiro atoms. The Morgan fingerprint density at radius 1 is 1.05 bits per heavy atom. The molecule has 3 aromatic carbocycles. The standard InChI is InChI=1S/C27H19BrCl2FN3O6/c1-2-39-22-11-14(10-19(28)24(22)40-13-23(35)32-16-5-3-15(31)4-6-16)9-18-25(36)33-27(38)34(26(18)37)17-7-8-20(29)21(30)12-17/h3-12H,2,13H2,1H3,(H,32,35)(H,33,36,38)/b18-9-. The molecule has 1 aliphatic rings. The van der Waals surface area contributed by atoms with Crippen LogP contribution in [0, 0.1) is 5.82 Å². The number of imide groups is 2. The van der Waals surface area contributed by atoms with Crippen LogP contribution in [0.15, 0.2) is 64.6 Å². The summed E-state index contributed by atoms with van der Waals surface area (Å²) < 4.78 is 24.8. The highest BCUT2D eigenvalue weighted by atomic mass is 79.9. The molecule has 0 atom stereocenters. The third kappa shape index (κ3) is 6.61. The monoisotopic (exact) mass is 649 g/mol. The topological polar surface area (TPSA) is 114 Å². The van der Waals surface area contributed by atoms with Crippen LogP contribution < -0.4 is 25.0 Å². The Kier molecular flexibility index (Phi) is 9.08. The van der Waals surface area contributed by atoms with E-state index in [0.717, 1.165) is 4.90 Å². The van der Waals surface area contributed by atoms with Crippen LogP contribution in [-0.2, 0) is 14.4 Å². The van der Waals surface area contributed by atoms with Crippen LogP contribution in [0.5, 0.6) is 11.5 Å². The fourth-order valence-corrected chi connectivity index (χ4v) is 4.49.